The third-order valence-corrected chi connectivity index (χ3v) is 8.63. The van der Waals surface area contributed by atoms with Gasteiger partial charge in [-0.05, 0) is 70.2 Å². The number of nitrogens with one attached hydrogen (secondary N) is 2. The van der Waals surface area contributed by atoms with Crippen molar-refractivity contribution in [2.24, 2.45) is 0 Å². The monoisotopic (exact) mass is 532 g/mol. The lowest BCUT2D eigenvalue weighted by atomic mass is 9.95. The Morgan fingerprint density at radius 3 is 2.50 bits per heavy atom. The largest absolute Gasteiger partial charge is 0.416 e. The van der Waals surface area contributed by atoms with Gasteiger partial charge in [-0.3, -0.25) is 14.5 Å². The molecule has 206 valence electrons. The Kier molecular flexibility index (Phi) is 7.30. The van der Waals surface area contributed by atoms with Crippen LogP contribution in [0.5, 0.6) is 0 Å². The minimum Gasteiger partial charge on any atom is -0.381 e. The van der Waals surface area contributed by atoms with Crippen LogP contribution in [0.3, 0.4) is 0 Å². The number of nitrogens with zero attached hydrogens (tertiary/aromatic N) is 2. The van der Waals surface area contributed by atoms with Gasteiger partial charge in [-0.1, -0.05) is 12.1 Å². The lowest BCUT2D eigenvalue weighted by molar-refractivity contribution is -0.138. The van der Waals surface area contributed by atoms with E-state index in [4.69, 9.17) is 4.74 Å². The number of likely N-dealkylation sites (N-methyl/N-ethyl adjacent to an activating group) is 1. The molecule has 1 aromatic carbocycles. The van der Waals surface area contributed by atoms with Crippen LogP contribution in [-0.4, -0.2) is 53.8 Å². The highest BCUT2D eigenvalue weighted by molar-refractivity contribution is 5.99. The first kappa shape index (κ1) is 26.7. The summed E-state index contributed by atoms with van der Waals surface area (Å²) >= 11 is 0. The van der Waals surface area contributed by atoms with Crippen molar-refractivity contribution in [1.29, 1.82) is 0 Å². The van der Waals surface area contributed by atoms with Gasteiger partial charge in [-0.15, -0.1) is 0 Å². The maximum atomic E-state index is 13.7. The van der Waals surface area contributed by atoms with E-state index in [9.17, 15) is 22.8 Å². The lowest BCUT2D eigenvalue weighted by Gasteiger charge is -2.28. The molecule has 3 aliphatic heterocycles. The van der Waals surface area contributed by atoms with E-state index in [0.29, 0.717) is 55.0 Å². The Balaban J connectivity index is 1.45. The van der Waals surface area contributed by atoms with E-state index in [1.165, 1.54) is 19.1 Å². The van der Waals surface area contributed by atoms with Crippen molar-refractivity contribution in [1.82, 2.24) is 14.8 Å². The topological polar surface area (TPSA) is 75.6 Å². The van der Waals surface area contributed by atoms with Gasteiger partial charge in [0.15, 0.2) is 0 Å². The number of alkyl halides is 3. The highest BCUT2D eigenvalue weighted by Crippen LogP contribution is 2.38. The van der Waals surface area contributed by atoms with Crippen LogP contribution in [0.15, 0.2) is 35.3 Å². The molecule has 0 spiro atoms. The molecule has 0 radical (unpaired) electrons. The van der Waals surface area contributed by atoms with Gasteiger partial charge in [-0.2, -0.15) is 13.2 Å². The second kappa shape index (κ2) is 10.4. The average molecular weight is 533 g/mol. The van der Waals surface area contributed by atoms with E-state index >= 15 is 0 Å². The molecule has 1 aromatic heterocycles. The van der Waals surface area contributed by atoms with Gasteiger partial charge >= 0.3 is 6.18 Å². The zero-order valence-corrected chi connectivity index (χ0v) is 22.0. The third-order valence-electron chi connectivity index (χ3n) is 8.63. The number of hydrogen-bond acceptors (Lipinski definition) is 5. The van der Waals surface area contributed by atoms with Gasteiger partial charge in [0.2, 0.25) is 0 Å². The predicted octanol–water partition coefficient (Wildman–Crippen LogP) is 4.67. The highest BCUT2D eigenvalue weighted by atomic mass is 19.4. The van der Waals surface area contributed by atoms with Crippen molar-refractivity contribution in [2.45, 2.75) is 82.3 Å². The number of hydrogen-bond donors (Lipinski definition) is 2. The Hall–Kier alpha value is -2.85. The van der Waals surface area contributed by atoms with Crippen LogP contribution < -0.4 is 16.2 Å². The fourth-order valence-corrected chi connectivity index (χ4v) is 6.49. The normalized spacial score (nSPS) is 24.9. The first-order valence-corrected chi connectivity index (χ1v) is 13.3. The molecule has 4 atom stereocenters. The number of amides is 1. The Morgan fingerprint density at radius 2 is 1.87 bits per heavy atom. The van der Waals surface area contributed by atoms with Crippen LogP contribution in [-0.2, 0) is 10.9 Å². The molecule has 0 saturated carbocycles. The predicted molar refractivity (Wildman–Crippen MR) is 138 cm³/mol. The number of rotatable bonds is 6. The van der Waals surface area contributed by atoms with Crippen LogP contribution in [0.2, 0.25) is 0 Å². The molecule has 38 heavy (non-hydrogen) atoms. The summed E-state index contributed by atoms with van der Waals surface area (Å²) in [4.78, 5) is 29.2. The molecule has 2 N–H and O–H groups in total. The maximum Gasteiger partial charge on any atom is 0.416 e. The van der Waals surface area contributed by atoms with Crippen molar-refractivity contribution in [2.75, 3.05) is 25.6 Å². The smallest absolute Gasteiger partial charge is 0.381 e. The van der Waals surface area contributed by atoms with Crippen molar-refractivity contribution in [3.63, 3.8) is 0 Å². The number of fused-ring (bicyclic) bond motifs is 2. The molecule has 10 heteroatoms. The molecule has 2 aromatic rings. The van der Waals surface area contributed by atoms with E-state index in [0.717, 1.165) is 25.3 Å². The van der Waals surface area contributed by atoms with Gasteiger partial charge < -0.3 is 19.9 Å². The fourth-order valence-electron chi connectivity index (χ4n) is 6.49. The minimum atomic E-state index is -4.48. The molecular weight excluding hydrogens is 497 g/mol. The van der Waals surface area contributed by atoms with Crippen molar-refractivity contribution < 1.29 is 22.7 Å². The van der Waals surface area contributed by atoms with Crippen LogP contribution >= 0.6 is 0 Å². The van der Waals surface area contributed by atoms with Gasteiger partial charge in [0, 0.05) is 49.6 Å². The number of benzene rings is 1. The van der Waals surface area contributed by atoms with E-state index in [1.807, 2.05) is 0 Å². The Labute approximate surface area is 220 Å². The number of carbonyl (C=O) groups excluding carboxylic acids is 1. The number of halogens is 3. The van der Waals surface area contributed by atoms with Crippen LogP contribution in [0.1, 0.15) is 78.2 Å². The summed E-state index contributed by atoms with van der Waals surface area (Å²) < 4.78 is 47.5. The summed E-state index contributed by atoms with van der Waals surface area (Å²) in [7, 11) is 2.11. The van der Waals surface area contributed by atoms with Gasteiger partial charge in [0.25, 0.3) is 11.5 Å². The van der Waals surface area contributed by atoms with Crippen molar-refractivity contribution in [3.8, 4) is 0 Å². The van der Waals surface area contributed by atoms with E-state index in [1.54, 1.807) is 23.8 Å². The number of ether oxygens (including phenoxy) is 1. The summed E-state index contributed by atoms with van der Waals surface area (Å²) in [6, 6.07) is 5.69. The Morgan fingerprint density at radius 1 is 1.13 bits per heavy atom. The third kappa shape index (κ3) is 5.08. The number of aromatic nitrogens is 1. The molecule has 5 rings (SSSR count). The second-order valence-electron chi connectivity index (χ2n) is 10.9. The average Bonchev–Trinajstić information content (AvgIpc) is 3.37. The molecule has 3 saturated heterocycles. The fraction of sp³-hybridized carbons (Fsp3) is 0.571. The molecule has 3 fully saturated rings. The van der Waals surface area contributed by atoms with Crippen molar-refractivity contribution in [3.05, 3.63) is 63.1 Å². The number of pyridine rings is 1. The van der Waals surface area contributed by atoms with E-state index < -0.39 is 23.7 Å². The zero-order chi connectivity index (χ0) is 27.2. The zero-order valence-electron chi connectivity index (χ0n) is 22.0. The molecule has 3 aliphatic rings. The van der Waals surface area contributed by atoms with Crippen LogP contribution in [0.25, 0.3) is 0 Å². The van der Waals surface area contributed by atoms with E-state index in [-0.39, 0.29) is 23.2 Å². The maximum absolute atomic E-state index is 13.7. The summed E-state index contributed by atoms with van der Waals surface area (Å²) in [5.41, 5.74) is 0.368. The minimum absolute atomic E-state index is 0.0754. The Bertz CT molecular complexity index is 1250. The first-order chi connectivity index (χ1) is 18.0. The van der Waals surface area contributed by atoms with Gasteiger partial charge in [0.05, 0.1) is 22.9 Å². The SMILES string of the molecule is Cc1c(C(C)NC(=O)c2cn(C3CCOCC3)c(=O)cc2N[C@@H]2C[C@@H]3CC[C@H]2N3C)cccc1C(F)(F)F. The van der Waals surface area contributed by atoms with Gasteiger partial charge in [-0.25, -0.2) is 0 Å². The van der Waals surface area contributed by atoms with Crippen LogP contribution in [0.4, 0.5) is 18.9 Å². The molecule has 1 unspecified atom stereocenters. The highest BCUT2D eigenvalue weighted by Gasteiger charge is 2.44. The summed E-state index contributed by atoms with van der Waals surface area (Å²) in [5, 5.41) is 6.38. The molecule has 0 aliphatic carbocycles. The molecular formula is C28H35F3N4O3. The lowest BCUT2D eigenvalue weighted by Crippen LogP contribution is -2.37. The van der Waals surface area contributed by atoms with Gasteiger partial charge in [0.1, 0.15) is 0 Å². The second-order valence-corrected chi connectivity index (χ2v) is 10.9. The quantitative estimate of drug-likeness (QED) is 0.566. The van der Waals surface area contributed by atoms with E-state index in [2.05, 4.69) is 22.6 Å². The summed E-state index contributed by atoms with van der Waals surface area (Å²) in [6.07, 6.45) is 1.62. The summed E-state index contributed by atoms with van der Waals surface area (Å²) in [5.74, 6) is -0.436. The number of anilines is 1. The molecule has 4 heterocycles. The first-order valence-electron chi connectivity index (χ1n) is 13.3. The standard InChI is InChI=1S/C28H35F3N4O3/c1-16-20(5-4-6-22(16)28(29,30)31)17(2)32-27(37)21-15-35(18-9-11-38-12-10-18)26(36)14-23(21)33-24-13-19-7-8-25(24)34(19)3/h4-6,14-15,17-19,24-25,33H,7-13H2,1-3H3,(H,32,37)/t17?,19-,24+,25+/m0/s1. The van der Waals surface area contributed by atoms with Crippen molar-refractivity contribution >= 4 is 11.6 Å². The molecule has 2 bridgehead atoms. The van der Waals surface area contributed by atoms with Crippen LogP contribution in [0, 0.1) is 6.92 Å². The number of carbonyl (C=O) groups is 1. The molecule has 1 amide bonds. The summed E-state index contributed by atoms with van der Waals surface area (Å²) in [6.45, 7) is 4.18. The molecule has 7 nitrogen and oxygen atoms in total.